The van der Waals surface area contributed by atoms with Gasteiger partial charge >= 0.3 is 0 Å². The van der Waals surface area contributed by atoms with Gasteiger partial charge in [0.05, 0.1) is 0 Å². The van der Waals surface area contributed by atoms with Crippen molar-refractivity contribution >= 4 is 5.57 Å². The van der Waals surface area contributed by atoms with Gasteiger partial charge in [-0.05, 0) is 41.0 Å². The first-order chi connectivity index (χ1) is 7.57. The van der Waals surface area contributed by atoms with Crippen LogP contribution >= 0.6 is 0 Å². The average Bonchev–Trinajstić information content (AvgIpc) is 2.29. The number of hydrogen-bond donors (Lipinski definition) is 0. The summed E-state index contributed by atoms with van der Waals surface area (Å²) in [4.78, 5) is 4.17. The minimum Gasteiger partial charge on any atom is -0.264 e. The molecule has 83 valence electrons. The summed E-state index contributed by atoms with van der Waals surface area (Å²) >= 11 is 0. The minimum atomic E-state index is 0.224. The number of aromatic nitrogens is 1. The third-order valence-electron chi connectivity index (χ3n) is 2.85. The Bertz CT molecular complexity index is 418. The molecule has 0 N–H and O–H groups in total. The zero-order valence-electron chi connectivity index (χ0n) is 10.2. The van der Waals surface area contributed by atoms with Gasteiger partial charge in [0, 0.05) is 12.4 Å². The van der Waals surface area contributed by atoms with Crippen LogP contribution in [0.1, 0.15) is 32.8 Å². The lowest BCUT2D eigenvalue weighted by molar-refractivity contribution is 0.514. The molecule has 1 nitrogen and oxygen atoms in total. The van der Waals surface area contributed by atoms with E-state index < -0.39 is 0 Å². The van der Waals surface area contributed by atoms with Crippen molar-refractivity contribution in [2.24, 2.45) is 5.41 Å². The molecular formula is C15H18N. The number of hydrogen-bond acceptors (Lipinski definition) is 1. The summed E-state index contributed by atoms with van der Waals surface area (Å²) in [7, 11) is 0. The van der Waals surface area contributed by atoms with E-state index >= 15 is 0 Å². The molecule has 0 amide bonds. The third-order valence-corrected chi connectivity index (χ3v) is 2.85. The van der Waals surface area contributed by atoms with Crippen molar-refractivity contribution < 1.29 is 0 Å². The molecule has 1 aliphatic carbocycles. The molecule has 0 spiro atoms. The maximum absolute atomic E-state index is 4.17. The van der Waals surface area contributed by atoms with Crippen molar-refractivity contribution in [1.82, 2.24) is 4.98 Å². The fraction of sp³-hybridized carbons (Fsp3) is 0.333. The molecule has 0 aromatic carbocycles. The molecule has 16 heavy (non-hydrogen) atoms. The highest BCUT2D eigenvalue weighted by molar-refractivity contribution is 5.75. The smallest absolute Gasteiger partial charge is 0.0343 e. The topological polar surface area (TPSA) is 12.9 Å². The van der Waals surface area contributed by atoms with Crippen LogP contribution in [0, 0.1) is 11.8 Å². The van der Waals surface area contributed by atoms with Crippen LogP contribution in [0.4, 0.5) is 0 Å². The molecule has 0 aliphatic heterocycles. The van der Waals surface area contributed by atoms with Gasteiger partial charge in [-0.25, -0.2) is 0 Å². The van der Waals surface area contributed by atoms with Crippen LogP contribution in [0.5, 0.6) is 0 Å². The highest BCUT2D eigenvalue weighted by atomic mass is 14.6. The molecule has 1 heterocycles. The fourth-order valence-electron chi connectivity index (χ4n) is 1.86. The third kappa shape index (κ3) is 2.41. The molecule has 0 unspecified atom stereocenters. The van der Waals surface area contributed by atoms with Crippen molar-refractivity contribution in [3.63, 3.8) is 0 Å². The van der Waals surface area contributed by atoms with E-state index in [-0.39, 0.29) is 5.41 Å². The summed E-state index contributed by atoms with van der Waals surface area (Å²) < 4.78 is 0. The SMILES string of the molecule is CC(C)(C)C1=CC[CH]C(c2cccnc2)=C1. The summed E-state index contributed by atoms with van der Waals surface area (Å²) in [6.45, 7) is 6.75. The van der Waals surface area contributed by atoms with Gasteiger partial charge in [0.15, 0.2) is 0 Å². The minimum absolute atomic E-state index is 0.224. The van der Waals surface area contributed by atoms with Gasteiger partial charge in [-0.2, -0.15) is 0 Å². The Morgan fingerprint density at radius 2 is 2.06 bits per heavy atom. The second-order valence-corrected chi connectivity index (χ2v) is 5.19. The molecule has 0 fully saturated rings. The summed E-state index contributed by atoms with van der Waals surface area (Å²) in [5.41, 5.74) is 4.13. The van der Waals surface area contributed by atoms with E-state index in [1.807, 2.05) is 18.5 Å². The average molecular weight is 212 g/mol. The second-order valence-electron chi connectivity index (χ2n) is 5.19. The van der Waals surface area contributed by atoms with E-state index in [1.54, 1.807) is 0 Å². The molecule has 1 aromatic heterocycles. The molecule has 1 aliphatic rings. The van der Waals surface area contributed by atoms with Gasteiger partial charge in [-0.15, -0.1) is 0 Å². The van der Waals surface area contributed by atoms with Crippen molar-refractivity contribution in [1.29, 1.82) is 0 Å². The normalized spacial score (nSPS) is 16.7. The Morgan fingerprint density at radius 1 is 1.25 bits per heavy atom. The number of pyridine rings is 1. The second kappa shape index (κ2) is 4.25. The largest absolute Gasteiger partial charge is 0.264 e. The van der Waals surface area contributed by atoms with E-state index in [0.717, 1.165) is 6.42 Å². The molecule has 0 bridgehead atoms. The number of nitrogens with zero attached hydrogens (tertiary/aromatic N) is 1. The van der Waals surface area contributed by atoms with Gasteiger partial charge in [0.25, 0.3) is 0 Å². The maximum Gasteiger partial charge on any atom is 0.0343 e. The summed E-state index contributed by atoms with van der Waals surface area (Å²) in [5, 5.41) is 0. The van der Waals surface area contributed by atoms with E-state index in [1.165, 1.54) is 16.7 Å². The molecule has 1 heteroatoms. The van der Waals surface area contributed by atoms with Gasteiger partial charge in [-0.1, -0.05) is 39.0 Å². The standard InChI is InChI=1S/C15H18N/c1-15(2,3)14-8-4-6-12(10-14)13-7-5-9-16-11-13/h5-11H,4H2,1-3H3. The molecule has 2 rings (SSSR count). The molecule has 0 atom stereocenters. The van der Waals surface area contributed by atoms with Crippen LogP contribution in [0.2, 0.25) is 0 Å². The summed E-state index contributed by atoms with van der Waals surface area (Å²) in [5.74, 6) is 0. The molecule has 1 radical (unpaired) electrons. The van der Waals surface area contributed by atoms with E-state index in [9.17, 15) is 0 Å². The maximum atomic E-state index is 4.17. The monoisotopic (exact) mass is 212 g/mol. The predicted molar refractivity (Wildman–Crippen MR) is 68.7 cm³/mol. The van der Waals surface area contributed by atoms with Crippen LogP contribution in [0.25, 0.3) is 5.57 Å². The summed E-state index contributed by atoms with van der Waals surface area (Å²) in [6, 6.07) is 4.10. The van der Waals surface area contributed by atoms with Crippen molar-refractivity contribution in [2.75, 3.05) is 0 Å². The molecule has 0 saturated carbocycles. The van der Waals surface area contributed by atoms with Gasteiger partial charge in [0.2, 0.25) is 0 Å². The van der Waals surface area contributed by atoms with E-state index in [2.05, 4.69) is 50.4 Å². The van der Waals surface area contributed by atoms with Crippen LogP contribution in [0.15, 0.2) is 42.3 Å². The Morgan fingerprint density at radius 3 is 2.69 bits per heavy atom. The van der Waals surface area contributed by atoms with Crippen molar-refractivity contribution in [2.45, 2.75) is 27.2 Å². The molecular weight excluding hydrogens is 194 g/mol. The van der Waals surface area contributed by atoms with Crippen molar-refractivity contribution in [3.05, 3.63) is 54.2 Å². The van der Waals surface area contributed by atoms with Crippen molar-refractivity contribution in [3.8, 4) is 0 Å². The lowest BCUT2D eigenvalue weighted by atomic mass is 9.81. The van der Waals surface area contributed by atoms with Gasteiger partial charge in [-0.3, -0.25) is 4.98 Å². The fourth-order valence-corrected chi connectivity index (χ4v) is 1.86. The zero-order chi connectivity index (χ0) is 11.6. The van der Waals surface area contributed by atoms with Crippen LogP contribution in [-0.2, 0) is 0 Å². The number of allylic oxidation sites excluding steroid dienone is 4. The number of rotatable bonds is 1. The van der Waals surface area contributed by atoms with E-state index in [4.69, 9.17) is 0 Å². The Balaban J connectivity index is 2.32. The first-order valence-corrected chi connectivity index (χ1v) is 5.73. The quantitative estimate of drug-likeness (QED) is 0.684. The first kappa shape index (κ1) is 11.1. The Hall–Kier alpha value is -1.37. The van der Waals surface area contributed by atoms with E-state index in [0.29, 0.717) is 0 Å². The lowest BCUT2D eigenvalue weighted by Crippen LogP contribution is -2.10. The molecule has 0 saturated heterocycles. The van der Waals surface area contributed by atoms with Gasteiger partial charge < -0.3 is 0 Å². The van der Waals surface area contributed by atoms with Crippen LogP contribution in [-0.4, -0.2) is 4.98 Å². The van der Waals surface area contributed by atoms with Crippen LogP contribution in [0.3, 0.4) is 0 Å². The Kier molecular flexibility index (Phi) is 2.95. The highest BCUT2D eigenvalue weighted by Crippen LogP contribution is 2.34. The molecule has 1 aromatic rings. The van der Waals surface area contributed by atoms with Crippen LogP contribution < -0.4 is 0 Å². The zero-order valence-corrected chi connectivity index (χ0v) is 10.2. The first-order valence-electron chi connectivity index (χ1n) is 5.73. The predicted octanol–water partition coefficient (Wildman–Crippen LogP) is 4.05. The van der Waals surface area contributed by atoms with Gasteiger partial charge in [0.1, 0.15) is 0 Å². The summed E-state index contributed by atoms with van der Waals surface area (Å²) in [6.07, 6.45) is 11.6. The lowest BCUT2D eigenvalue weighted by Gasteiger charge is -2.24. The highest BCUT2D eigenvalue weighted by Gasteiger charge is 2.18. The Labute approximate surface area is 97.9 Å².